The molecule has 0 aliphatic carbocycles. The number of benzene rings is 3. The molecule has 0 aliphatic heterocycles. The van der Waals surface area contributed by atoms with E-state index >= 15 is 0 Å². The molecule has 0 aliphatic rings. The molecule has 0 saturated heterocycles. The minimum Gasteiger partial charge on any atom is -0.459 e. The number of amides is 1. The van der Waals surface area contributed by atoms with Gasteiger partial charge in [-0.25, -0.2) is 9.59 Å². The molecule has 3 rings (SSSR count). The lowest BCUT2D eigenvalue weighted by Gasteiger charge is -2.18. The number of carbonyl (C=O) groups is 2. The molecule has 0 aromatic heterocycles. The van der Waals surface area contributed by atoms with Gasteiger partial charge in [0.25, 0.3) is 5.69 Å². The summed E-state index contributed by atoms with van der Waals surface area (Å²) in [6.45, 7) is -0.0348. The average Bonchev–Trinajstić information content (AvgIpc) is 2.81. The SMILES string of the molecule is O=C(N[C@H](C(=O)OCc1ccc([N+](=O)[O-])cc1)c1ccccc1)OCc1ccccc1. The summed E-state index contributed by atoms with van der Waals surface area (Å²) in [4.78, 5) is 35.2. The lowest BCUT2D eigenvalue weighted by Crippen LogP contribution is -2.35. The highest BCUT2D eigenvalue weighted by Crippen LogP contribution is 2.17. The molecule has 0 fully saturated rings. The number of hydrogen-bond donors (Lipinski definition) is 1. The zero-order valence-corrected chi connectivity index (χ0v) is 16.5. The molecule has 0 saturated carbocycles. The predicted molar refractivity (Wildman–Crippen MR) is 112 cm³/mol. The third kappa shape index (κ3) is 6.40. The number of ether oxygens (including phenoxy) is 2. The predicted octanol–water partition coefficient (Wildman–Crippen LogP) is 4.31. The first-order valence-corrected chi connectivity index (χ1v) is 9.45. The van der Waals surface area contributed by atoms with E-state index < -0.39 is 23.0 Å². The molecule has 1 amide bonds. The van der Waals surface area contributed by atoms with E-state index in [4.69, 9.17) is 9.47 Å². The Balaban J connectivity index is 1.63. The van der Waals surface area contributed by atoms with E-state index in [1.54, 1.807) is 30.3 Å². The Morgan fingerprint density at radius 1 is 0.806 bits per heavy atom. The van der Waals surface area contributed by atoms with Gasteiger partial charge >= 0.3 is 12.1 Å². The van der Waals surface area contributed by atoms with Crippen LogP contribution in [0.5, 0.6) is 0 Å². The molecule has 0 spiro atoms. The Kier molecular flexibility index (Phi) is 7.31. The van der Waals surface area contributed by atoms with Crippen molar-refractivity contribution in [2.45, 2.75) is 19.3 Å². The number of nitro benzene ring substituents is 1. The minimum atomic E-state index is -1.07. The summed E-state index contributed by atoms with van der Waals surface area (Å²) in [6.07, 6.45) is -0.759. The van der Waals surface area contributed by atoms with Gasteiger partial charge < -0.3 is 14.8 Å². The molecule has 3 aromatic carbocycles. The van der Waals surface area contributed by atoms with Crippen LogP contribution in [0, 0.1) is 10.1 Å². The van der Waals surface area contributed by atoms with E-state index in [-0.39, 0.29) is 18.9 Å². The van der Waals surface area contributed by atoms with Crippen molar-refractivity contribution in [3.63, 3.8) is 0 Å². The fourth-order valence-corrected chi connectivity index (χ4v) is 2.76. The van der Waals surface area contributed by atoms with Crippen molar-refractivity contribution < 1.29 is 24.0 Å². The van der Waals surface area contributed by atoms with E-state index in [0.717, 1.165) is 5.56 Å². The lowest BCUT2D eigenvalue weighted by atomic mass is 10.1. The van der Waals surface area contributed by atoms with Crippen molar-refractivity contribution in [3.8, 4) is 0 Å². The van der Waals surface area contributed by atoms with E-state index in [9.17, 15) is 19.7 Å². The Labute approximate surface area is 178 Å². The topological polar surface area (TPSA) is 108 Å². The van der Waals surface area contributed by atoms with E-state index in [2.05, 4.69) is 5.32 Å². The number of rotatable bonds is 8. The van der Waals surface area contributed by atoms with Gasteiger partial charge in [0.05, 0.1) is 4.92 Å². The van der Waals surface area contributed by atoms with Gasteiger partial charge in [-0.1, -0.05) is 60.7 Å². The lowest BCUT2D eigenvalue weighted by molar-refractivity contribution is -0.384. The number of carbonyl (C=O) groups excluding carboxylic acids is 2. The molecule has 8 nitrogen and oxygen atoms in total. The van der Waals surface area contributed by atoms with Gasteiger partial charge in [0.2, 0.25) is 0 Å². The van der Waals surface area contributed by atoms with E-state index in [0.29, 0.717) is 11.1 Å². The highest BCUT2D eigenvalue weighted by Gasteiger charge is 2.25. The number of nitrogens with zero attached hydrogens (tertiary/aromatic N) is 1. The number of alkyl carbamates (subject to hydrolysis) is 1. The van der Waals surface area contributed by atoms with Crippen LogP contribution in [0.4, 0.5) is 10.5 Å². The van der Waals surface area contributed by atoms with Crippen molar-refractivity contribution in [1.29, 1.82) is 0 Å². The Morgan fingerprint density at radius 2 is 1.35 bits per heavy atom. The van der Waals surface area contributed by atoms with Crippen molar-refractivity contribution in [1.82, 2.24) is 5.32 Å². The number of hydrogen-bond acceptors (Lipinski definition) is 6. The van der Waals surface area contributed by atoms with E-state index in [1.165, 1.54) is 24.3 Å². The highest BCUT2D eigenvalue weighted by atomic mass is 16.6. The largest absolute Gasteiger partial charge is 0.459 e. The van der Waals surface area contributed by atoms with Gasteiger partial charge in [-0.15, -0.1) is 0 Å². The van der Waals surface area contributed by atoms with Gasteiger partial charge in [-0.2, -0.15) is 0 Å². The van der Waals surface area contributed by atoms with Crippen molar-refractivity contribution in [2.24, 2.45) is 0 Å². The highest BCUT2D eigenvalue weighted by molar-refractivity contribution is 5.82. The fraction of sp³-hybridized carbons (Fsp3) is 0.130. The summed E-state index contributed by atoms with van der Waals surface area (Å²) in [5.74, 6) is -0.679. The third-order valence-corrected chi connectivity index (χ3v) is 4.37. The first kappa shape index (κ1) is 21.5. The maximum absolute atomic E-state index is 12.7. The quantitative estimate of drug-likeness (QED) is 0.331. The van der Waals surface area contributed by atoms with Gasteiger partial charge in [-0.3, -0.25) is 10.1 Å². The number of nitro groups is 1. The number of esters is 1. The van der Waals surface area contributed by atoms with E-state index in [1.807, 2.05) is 30.3 Å². The van der Waals surface area contributed by atoms with Gasteiger partial charge in [-0.05, 0) is 28.8 Å². The van der Waals surface area contributed by atoms with Crippen molar-refractivity contribution in [3.05, 3.63) is 112 Å². The first-order chi connectivity index (χ1) is 15.0. The van der Waals surface area contributed by atoms with Crippen LogP contribution in [0.25, 0.3) is 0 Å². The molecule has 158 valence electrons. The summed E-state index contributed by atoms with van der Waals surface area (Å²) < 4.78 is 10.5. The normalized spacial score (nSPS) is 11.2. The number of non-ortho nitro benzene ring substituents is 1. The maximum Gasteiger partial charge on any atom is 0.408 e. The molecule has 1 atom stereocenters. The van der Waals surface area contributed by atoms with Crippen LogP contribution in [0.15, 0.2) is 84.9 Å². The van der Waals surface area contributed by atoms with Gasteiger partial charge in [0.1, 0.15) is 13.2 Å². The fourth-order valence-electron chi connectivity index (χ4n) is 2.76. The molecule has 3 aromatic rings. The second kappa shape index (κ2) is 10.5. The van der Waals surface area contributed by atoms with Crippen LogP contribution in [0.1, 0.15) is 22.7 Å². The summed E-state index contributed by atoms with van der Waals surface area (Å²) >= 11 is 0. The molecule has 8 heteroatoms. The van der Waals surface area contributed by atoms with Crippen LogP contribution in [-0.2, 0) is 27.5 Å². The van der Waals surface area contributed by atoms with Crippen molar-refractivity contribution >= 4 is 17.7 Å². The second-order valence-electron chi connectivity index (χ2n) is 6.58. The molecule has 0 radical (unpaired) electrons. The van der Waals surface area contributed by atoms with Crippen LogP contribution >= 0.6 is 0 Å². The molecule has 0 bridgehead atoms. The summed E-state index contributed by atoms with van der Waals surface area (Å²) in [7, 11) is 0. The molecule has 1 N–H and O–H groups in total. The molecule has 0 unspecified atom stereocenters. The Bertz CT molecular complexity index is 1020. The monoisotopic (exact) mass is 420 g/mol. The zero-order valence-electron chi connectivity index (χ0n) is 16.5. The standard InChI is InChI=1S/C23H20N2O6/c26-22(30-15-18-11-13-20(14-12-18)25(28)29)21(19-9-5-2-6-10-19)24-23(27)31-16-17-7-3-1-4-8-17/h1-14,21H,15-16H2,(H,24,27)/t21-/m0/s1. The Hall–Kier alpha value is -4.20. The third-order valence-electron chi connectivity index (χ3n) is 4.37. The second-order valence-corrected chi connectivity index (χ2v) is 6.58. The summed E-state index contributed by atoms with van der Waals surface area (Å²) in [6, 6.07) is 22.4. The maximum atomic E-state index is 12.7. The zero-order chi connectivity index (χ0) is 22.1. The minimum absolute atomic E-state index is 0.0555. The van der Waals surface area contributed by atoms with Crippen LogP contribution in [0.3, 0.4) is 0 Å². The van der Waals surface area contributed by atoms with Crippen LogP contribution in [-0.4, -0.2) is 17.0 Å². The van der Waals surface area contributed by atoms with Crippen molar-refractivity contribution in [2.75, 3.05) is 0 Å². The van der Waals surface area contributed by atoms with Crippen LogP contribution in [0.2, 0.25) is 0 Å². The summed E-state index contributed by atoms with van der Waals surface area (Å²) in [5.41, 5.74) is 1.88. The molecule has 0 heterocycles. The average molecular weight is 420 g/mol. The molecule has 31 heavy (non-hydrogen) atoms. The Morgan fingerprint density at radius 3 is 1.97 bits per heavy atom. The smallest absolute Gasteiger partial charge is 0.408 e. The molecular weight excluding hydrogens is 400 g/mol. The molecular formula is C23H20N2O6. The van der Waals surface area contributed by atoms with Crippen LogP contribution < -0.4 is 5.32 Å². The number of nitrogens with one attached hydrogen (secondary N) is 1. The summed E-state index contributed by atoms with van der Waals surface area (Å²) in [5, 5.41) is 13.3. The first-order valence-electron chi connectivity index (χ1n) is 9.45. The van der Waals surface area contributed by atoms with Gasteiger partial charge in [0.15, 0.2) is 6.04 Å². The van der Waals surface area contributed by atoms with Gasteiger partial charge in [0, 0.05) is 12.1 Å².